The minimum Gasteiger partial charge on any atom is -0.301 e. The van der Waals surface area contributed by atoms with Gasteiger partial charge >= 0.3 is 0 Å². The number of nitro benzene ring substituents is 1. The lowest BCUT2D eigenvalue weighted by Crippen LogP contribution is -2.48. The number of nitro groups is 1. The number of hydrogen-bond donors (Lipinski definition) is 0. The van der Waals surface area contributed by atoms with Gasteiger partial charge in [-0.1, -0.05) is 25.5 Å². The Labute approximate surface area is 130 Å². The number of piperazine rings is 1. The summed E-state index contributed by atoms with van der Waals surface area (Å²) in [4.78, 5) is 12.4. The van der Waals surface area contributed by atoms with Crippen molar-refractivity contribution in [2.45, 2.75) is 24.7 Å². The zero-order chi connectivity index (χ0) is 16.2. The summed E-state index contributed by atoms with van der Waals surface area (Å²) in [6.45, 7) is 5.17. The molecule has 0 spiro atoms. The monoisotopic (exact) mass is 327 g/mol. The minimum absolute atomic E-state index is 0.220. The molecule has 0 aromatic heterocycles. The van der Waals surface area contributed by atoms with E-state index in [0.29, 0.717) is 26.2 Å². The van der Waals surface area contributed by atoms with E-state index in [9.17, 15) is 18.5 Å². The summed E-state index contributed by atoms with van der Waals surface area (Å²) in [6.07, 6.45) is 2.20. The number of rotatable bonds is 6. The summed E-state index contributed by atoms with van der Waals surface area (Å²) >= 11 is 0. The summed E-state index contributed by atoms with van der Waals surface area (Å²) < 4.78 is 26.6. The quantitative estimate of drug-likeness (QED) is 0.586. The molecule has 1 aromatic carbocycles. The van der Waals surface area contributed by atoms with Crippen LogP contribution in [0, 0.1) is 10.1 Å². The van der Waals surface area contributed by atoms with Crippen molar-refractivity contribution >= 4 is 15.7 Å². The van der Waals surface area contributed by atoms with Gasteiger partial charge < -0.3 is 4.90 Å². The molecule has 1 aliphatic rings. The molecule has 1 heterocycles. The molecule has 1 saturated heterocycles. The second kappa shape index (κ2) is 7.17. The van der Waals surface area contributed by atoms with Gasteiger partial charge in [0.25, 0.3) is 5.69 Å². The van der Waals surface area contributed by atoms with Gasteiger partial charge in [0.15, 0.2) is 4.90 Å². The van der Waals surface area contributed by atoms with E-state index in [4.69, 9.17) is 0 Å². The minimum atomic E-state index is -3.82. The lowest BCUT2D eigenvalue weighted by atomic mass is 10.3. The Bertz CT molecular complexity index is 625. The second-order valence-electron chi connectivity index (χ2n) is 5.32. The molecule has 122 valence electrons. The third-order valence-corrected chi connectivity index (χ3v) is 5.78. The Hall–Kier alpha value is -1.51. The third kappa shape index (κ3) is 3.63. The molecule has 0 saturated carbocycles. The highest BCUT2D eigenvalue weighted by Crippen LogP contribution is 2.26. The van der Waals surface area contributed by atoms with E-state index in [-0.39, 0.29) is 10.6 Å². The van der Waals surface area contributed by atoms with E-state index < -0.39 is 14.9 Å². The average molecular weight is 327 g/mol. The molecule has 0 radical (unpaired) electrons. The number of hydrogen-bond acceptors (Lipinski definition) is 5. The van der Waals surface area contributed by atoms with Crippen LogP contribution in [0.5, 0.6) is 0 Å². The summed E-state index contributed by atoms with van der Waals surface area (Å²) in [5.74, 6) is 0. The summed E-state index contributed by atoms with van der Waals surface area (Å²) in [7, 11) is -3.82. The van der Waals surface area contributed by atoms with Crippen molar-refractivity contribution in [2.75, 3.05) is 32.7 Å². The van der Waals surface area contributed by atoms with E-state index in [1.165, 1.54) is 28.6 Å². The highest BCUT2D eigenvalue weighted by Gasteiger charge is 2.33. The molecule has 2 rings (SSSR count). The van der Waals surface area contributed by atoms with Crippen molar-refractivity contribution in [1.82, 2.24) is 9.21 Å². The molecule has 1 fully saturated rings. The molecular formula is C14H21N3O4S. The van der Waals surface area contributed by atoms with Crippen molar-refractivity contribution in [2.24, 2.45) is 0 Å². The van der Waals surface area contributed by atoms with Gasteiger partial charge in [-0.2, -0.15) is 4.31 Å². The standard InChI is InChI=1S/C14H21N3O4S/c1-2-3-8-15-9-11-16(12-10-15)22(20,21)14-7-5-4-6-13(14)17(18)19/h4-7H,2-3,8-12H2,1H3. The van der Waals surface area contributed by atoms with Crippen LogP contribution in [0.2, 0.25) is 0 Å². The molecule has 0 atom stereocenters. The van der Waals surface area contributed by atoms with E-state index in [1.807, 2.05) is 0 Å². The normalized spacial score (nSPS) is 17.5. The molecule has 0 N–H and O–H groups in total. The highest BCUT2D eigenvalue weighted by molar-refractivity contribution is 7.89. The number of sulfonamides is 1. The van der Waals surface area contributed by atoms with Crippen molar-refractivity contribution in [3.8, 4) is 0 Å². The van der Waals surface area contributed by atoms with Gasteiger partial charge in [0.05, 0.1) is 4.92 Å². The maximum Gasteiger partial charge on any atom is 0.289 e. The first kappa shape index (κ1) is 16.9. The van der Waals surface area contributed by atoms with Gasteiger partial charge in [-0.25, -0.2) is 8.42 Å². The molecule has 22 heavy (non-hydrogen) atoms. The van der Waals surface area contributed by atoms with Crippen LogP contribution in [0.3, 0.4) is 0 Å². The fraction of sp³-hybridized carbons (Fsp3) is 0.571. The van der Waals surface area contributed by atoms with Crippen LogP contribution in [0.4, 0.5) is 5.69 Å². The van der Waals surface area contributed by atoms with Gasteiger partial charge in [0.2, 0.25) is 10.0 Å². The second-order valence-corrected chi connectivity index (χ2v) is 7.23. The van der Waals surface area contributed by atoms with Gasteiger partial charge in [-0.15, -0.1) is 0 Å². The predicted molar refractivity (Wildman–Crippen MR) is 83.2 cm³/mol. The van der Waals surface area contributed by atoms with Crippen LogP contribution in [-0.2, 0) is 10.0 Å². The fourth-order valence-electron chi connectivity index (χ4n) is 2.54. The topological polar surface area (TPSA) is 83.8 Å². The van der Waals surface area contributed by atoms with Gasteiger partial charge in [0.1, 0.15) is 0 Å². The van der Waals surface area contributed by atoms with Crippen LogP contribution >= 0.6 is 0 Å². The first-order valence-corrected chi connectivity index (χ1v) is 8.86. The third-order valence-electron chi connectivity index (χ3n) is 3.84. The van der Waals surface area contributed by atoms with Crippen LogP contribution < -0.4 is 0 Å². The Morgan fingerprint density at radius 1 is 1.18 bits per heavy atom. The maximum atomic E-state index is 12.6. The SMILES string of the molecule is CCCCN1CCN(S(=O)(=O)c2ccccc2[N+](=O)[O-])CC1. The van der Waals surface area contributed by atoms with Crippen molar-refractivity contribution in [3.63, 3.8) is 0 Å². The molecule has 0 amide bonds. The summed E-state index contributed by atoms with van der Waals surface area (Å²) in [5, 5.41) is 11.0. The van der Waals surface area contributed by atoms with Gasteiger partial charge in [0, 0.05) is 32.2 Å². The molecule has 8 heteroatoms. The molecule has 1 aromatic rings. The van der Waals surface area contributed by atoms with E-state index in [1.54, 1.807) is 0 Å². The van der Waals surface area contributed by atoms with Gasteiger partial charge in [-0.05, 0) is 19.0 Å². The number of unbranched alkanes of at least 4 members (excludes halogenated alkanes) is 1. The molecule has 0 bridgehead atoms. The van der Waals surface area contributed by atoms with E-state index in [0.717, 1.165) is 19.4 Å². The van der Waals surface area contributed by atoms with Crippen molar-refractivity contribution in [1.29, 1.82) is 0 Å². The molecule has 0 unspecified atom stereocenters. The van der Waals surface area contributed by atoms with E-state index >= 15 is 0 Å². The average Bonchev–Trinajstić information content (AvgIpc) is 2.53. The maximum absolute atomic E-state index is 12.6. The zero-order valence-corrected chi connectivity index (χ0v) is 13.5. The molecular weight excluding hydrogens is 306 g/mol. The first-order valence-electron chi connectivity index (χ1n) is 7.42. The molecule has 0 aliphatic carbocycles. The smallest absolute Gasteiger partial charge is 0.289 e. The lowest BCUT2D eigenvalue weighted by Gasteiger charge is -2.33. The van der Waals surface area contributed by atoms with Crippen LogP contribution in [0.15, 0.2) is 29.2 Å². The zero-order valence-electron chi connectivity index (χ0n) is 12.6. The predicted octanol–water partition coefficient (Wildman–Crippen LogP) is 1.70. The van der Waals surface area contributed by atoms with Crippen LogP contribution in [-0.4, -0.2) is 55.3 Å². The number of para-hydroxylation sites is 1. The largest absolute Gasteiger partial charge is 0.301 e. The lowest BCUT2D eigenvalue weighted by molar-refractivity contribution is -0.387. The Kier molecular flexibility index (Phi) is 5.49. The van der Waals surface area contributed by atoms with Gasteiger partial charge in [-0.3, -0.25) is 10.1 Å². The van der Waals surface area contributed by atoms with Crippen molar-refractivity contribution in [3.05, 3.63) is 34.4 Å². The Balaban J connectivity index is 2.14. The van der Waals surface area contributed by atoms with Crippen LogP contribution in [0.1, 0.15) is 19.8 Å². The number of nitrogens with zero attached hydrogens (tertiary/aromatic N) is 3. The Morgan fingerprint density at radius 3 is 2.41 bits per heavy atom. The summed E-state index contributed by atoms with van der Waals surface area (Å²) in [5.41, 5.74) is -0.365. The number of benzene rings is 1. The molecule has 7 nitrogen and oxygen atoms in total. The fourth-order valence-corrected chi connectivity index (χ4v) is 4.12. The highest BCUT2D eigenvalue weighted by atomic mass is 32.2. The van der Waals surface area contributed by atoms with Crippen molar-refractivity contribution < 1.29 is 13.3 Å². The molecule has 1 aliphatic heterocycles. The van der Waals surface area contributed by atoms with E-state index in [2.05, 4.69) is 11.8 Å². The first-order chi connectivity index (χ1) is 10.5. The summed E-state index contributed by atoms with van der Waals surface area (Å²) in [6, 6.07) is 5.51. The van der Waals surface area contributed by atoms with Crippen LogP contribution in [0.25, 0.3) is 0 Å². The Morgan fingerprint density at radius 2 is 1.82 bits per heavy atom.